The summed E-state index contributed by atoms with van der Waals surface area (Å²) < 4.78 is 1.70. The minimum atomic E-state index is -0.272. The van der Waals surface area contributed by atoms with Crippen molar-refractivity contribution in [3.05, 3.63) is 77.1 Å². The number of aromatic nitrogens is 2. The molecule has 2 aromatic carbocycles. The highest BCUT2D eigenvalue weighted by atomic mass is 35.5. The highest BCUT2D eigenvalue weighted by Crippen LogP contribution is 2.19. The lowest BCUT2D eigenvalue weighted by atomic mass is 10.1. The molecule has 0 saturated carbocycles. The zero-order valence-corrected chi connectivity index (χ0v) is 17.0. The van der Waals surface area contributed by atoms with E-state index in [-0.39, 0.29) is 18.4 Å². The van der Waals surface area contributed by atoms with Gasteiger partial charge in [-0.2, -0.15) is 5.10 Å². The third-order valence-electron chi connectivity index (χ3n) is 4.31. The van der Waals surface area contributed by atoms with Crippen molar-refractivity contribution in [1.82, 2.24) is 14.7 Å². The molecule has 7 nitrogen and oxygen atoms in total. The zero-order chi connectivity index (χ0) is 20.8. The number of halogens is 1. The number of aryl methyl sites for hydroxylation is 1. The van der Waals surface area contributed by atoms with E-state index >= 15 is 0 Å². The first-order chi connectivity index (χ1) is 13.9. The summed E-state index contributed by atoms with van der Waals surface area (Å²) in [5.74, 6) is -0.367. The van der Waals surface area contributed by atoms with Gasteiger partial charge in [0.25, 0.3) is 5.91 Å². The van der Waals surface area contributed by atoms with Gasteiger partial charge in [0.1, 0.15) is 0 Å². The Morgan fingerprint density at radius 1 is 1.14 bits per heavy atom. The number of amides is 2. The number of hydrogen-bond acceptors (Lipinski definition) is 4. The molecule has 1 heterocycles. The van der Waals surface area contributed by atoms with Crippen LogP contribution in [0.15, 0.2) is 60.9 Å². The van der Waals surface area contributed by atoms with Crippen molar-refractivity contribution in [1.29, 1.82) is 0 Å². The van der Waals surface area contributed by atoms with Gasteiger partial charge in [-0.1, -0.05) is 23.7 Å². The van der Waals surface area contributed by atoms with Crippen LogP contribution in [0.5, 0.6) is 0 Å². The molecule has 0 bridgehead atoms. The monoisotopic (exact) mass is 411 g/mol. The van der Waals surface area contributed by atoms with E-state index in [4.69, 9.17) is 11.6 Å². The Hall–Kier alpha value is -3.32. The second-order valence-electron chi connectivity index (χ2n) is 6.63. The molecular weight excluding hydrogens is 390 g/mol. The standard InChI is InChI=1S/C21H22ClN5O2/c1-26(13-15-11-24-27(2)14-15)20(28)12-23-19-6-4-3-5-18(19)21(29)25-17-9-7-16(22)8-10-17/h3-11,14,23H,12-13H2,1-2H3,(H,25,29). The lowest BCUT2D eigenvalue weighted by molar-refractivity contribution is -0.128. The van der Waals surface area contributed by atoms with Crippen LogP contribution in [0.2, 0.25) is 5.02 Å². The summed E-state index contributed by atoms with van der Waals surface area (Å²) >= 11 is 5.88. The SMILES string of the molecule is CN(Cc1cnn(C)c1)C(=O)CNc1ccccc1C(=O)Nc1ccc(Cl)cc1. The Morgan fingerprint density at radius 2 is 1.86 bits per heavy atom. The average Bonchev–Trinajstić information content (AvgIpc) is 3.12. The van der Waals surface area contributed by atoms with Crippen LogP contribution in [0.25, 0.3) is 0 Å². The summed E-state index contributed by atoms with van der Waals surface area (Å²) in [4.78, 5) is 26.7. The fourth-order valence-electron chi connectivity index (χ4n) is 2.79. The normalized spacial score (nSPS) is 10.4. The van der Waals surface area contributed by atoms with Gasteiger partial charge in [-0.3, -0.25) is 14.3 Å². The van der Waals surface area contributed by atoms with E-state index in [2.05, 4.69) is 15.7 Å². The van der Waals surface area contributed by atoms with Crippen molar-refractivity contribution < 1.29 is 9.59 Å². The van der Waals surface area contributed by atoms with Gasteiger partial charge in [-0.05, 0) is 36.4 Å². The Bertz CT molecular complexity index is 1000. The second kappa shape index (κ2) is 9.25. The molecule has 2 N–H and O–H groups in total. The van der Waals surface area contributed by atoms with E-state index in [1.165, 1.54) is 0 Å². The molecule has 0 aliphatic heterocycles. The van der Waals surface area contributed by atoms with Gasteiger partial charge in [0.05, 0.1) is 18.3 Å². The molecule has 3 rings (SSSR count). The van der Waals surface area contributed by atoms with Gasteiger partial charge in [-0.15, -0.1) is 0 Å². The predicted molar refractivity (Wildman–Crippen MR) is 114 cm³/mol. The van der Waals surface area contributed by atoms with E-state index in [0.717, 1.165) is 5.56 Å². The topological polar surface area (TPSA) is 79.3 Å². The second-order valence-corrected chi connectivity index (χ2v) is 7.07. The molecule has 0 aliphatic rings. The summed E-state index contributed by atoms with van der Waals surface area (Å²) in [7, 11) is 3.56. The smallest absolute Gasteiger partial charge is 0.257 e. The molecule has 150 valence electrons. The molecule has 3 aromatic rings. The van der Waals surface area contributed by atoms with Crippen LogP contribution in [0.3, 0.4) is 0 Å². The number of nitrogens with zero attached hydrogens (tertiary/aromatic N) is 3. The van der Waals surface area contributed by atoms with Crippen molar-refractivity contribution in [2.45, 2.75) is 6.54 Å². The quantitative estimate of drug-likeness (QED) is 0.624. The van der Waals surface area contributed by atoms with Gasteiger partial charge in [0.15, 0.2) is 0 Å². The molecule has 29 heavy (non-hydrogen) atoms. The summed E-state index contributed by atoms with van der Waals surface area (Å²) in [6.45, 7) is 0.537. The minimum absolute atomic E-state index is 0.0714. The molecule has 0 aliphatic carbocycles. The molecule has 0 saturated heterocycles. The summed E-state index contributed by atoms with van der Waals surface area (Å²) in [6, 6.07) is 13.9. The lowest BCUT2D eigenvalue weighted by Gasteiger charge is -2.18. The van der Waals surface area contributed by atoms with E-state index in [1.54, 1.807) is 65.3 Å². The van der Waals surface area contributed by atoms with Crippen LogP contribution in [0.4, 0.5) is 11.4 Å². The first kappa shape index (κ1) is 20.4. The lowest BCUT2D eigenvalue weighted by Crippen LogP contribution is -2.32. The maximum atomic E-state index is 12.7. The predicted octanol–water partition coefficient (Wildman–Crippen LogP) is 3.40. The number of nitrogens with one attached hydrogen (secondary N) is 2. The maximum absolute atomic E-state index is 12.7. The minimum Gasteiger partial charge on any atom is -0.376 e. The average molecular weight is 412 g/mol. The number of carbonyl (C=O) groups excluding carboxylic acids is 2. The van der Waals surface area contributed by atoms with E-state index in [0.29, 0.717) is 28.5 Å². The number of carbonyl (C=O) groups is 2. The molecular formula is C21H22ClN5O2. The van der Waals surface area contributed by atoms with Crippen molar-refractivity contribution >= 4 is 34.8 Å². The Labute approximate surface area is 174 Å². The van der Waals surface area contributed by atoms with Crippen LogP contribution >= 0.6 is 11.6 Å². The summed E-state index contributed by atoms with van der Waals surface area (Å²) in [5.41, 5.74) is 2.62. The molecule has 0 spiro atoms. The largest absolute Gasteiger partial charge is 0.376 e. The van der Waals surface area contributed by atoms with Crippen LogP contribution < -0.4 is 10.6 Å². The molecule has 0 unspecified atom stereocenters. The third-order valence-corrected chi connectivity index (χ3v) is 4.56. The summed E-state index contributed by atoms with van der Waals surface area (Å²) in [6.07, 6.45) is 3.60. The fraction of sp³-hybridized carbons (Fsp3) is 0.190. The summed E-state index contributed by atoms with van der Waals surface area (Å²) in [5, 5.41) is 10.6. The Morgan fingerprint density at radius 3 is 2.55 bits per heavy atom. The molecule has 1 aromatic heterocycles. The van der Waals surface area contributed by atoms with Crippen LogP contribution in [0, 0.1) is 0 Å². The number of likely N-dealkylation sites (N-methyl/N-ethyl adjacent to an activating group) is 1. The number of hydrogen-bond donors (Lipinski definition) is 2. The zero-order valence-electron chi connectivity index (χ0n) is 16.2. The van der Waals surface area contributed by atoms with Gasteiger partial charge in [0, 0.05) is 48.8 Å². The highest BCUT2D eigenvalue weighted by molar-refractivity contribution is 6.30. The fourth-order valence-corrected chi connectivity index (χ4v) is 2.91. The van der Waals surface area contributed by atoms with Crippen LogP contribution in [0.1, 0.15) is 15.9 Å². The first-order valence-corrected chi connectivity index (χ1v) is 9.41. The van der Waals surface area contributed by atoms with E-state index in [1.807, 2.05) is 19.3 Å². The van der Waals surface area contributed by atoms with Gasteiger partial charge in [0.2, 0.25) is 5.91 Å². The van der Waals surface area contributed by atoms with Crippen molar-refractivity contribution in [3.63, 3.8) is 0 Å². The van der Waals surface area contributed by atoms with Crippen molar-refractivity contribution in [3.8, 4) is 0 Å². The molecule has 0 fully saturated rings. The molecule has 0 atom stereocenters. The number of benzene rings is 2. The third kappa shape index (κ3) is 5.58. The Kier molecular flexibility index (Phi) is 6.51. The first-order valence-electron chi connectivity index (χ1n) is 9.03. The number of rotatable bonds is 7. The Balaban J connectivity index is 1.61. The molecule has 2 amide bonds. The van der Waals surface area contributed by atoms with Crippen molar-refractivity contribution in [2.24, 2.45) is 7.05 Å². The van der Waals surface area contributed by atoms with Gasteiger partial charge >= 0.3 is 0 Å². The molecule has 8 heteroatoms. The number of para-hydroxylation sites is 1. The van der Waals surface area contributed by atoms with E-state index in [9.17, 15) is 9.59 Å². The van der Waals surface area contributed by atoms with Crippen LogP contribution in [-0.2, 0) is 18.4 Å². The number of anilines is 2. The van der Waals surface area contributed by atoms with Crippen molar-refractivity contribution in [2.75, 3.05) is 24.2 Å². The highest BCUT2D eigenvalue weighted by Gasteiger charge is 2.14. The van der Waals surface area contributed by atoms with E-state index < -0.39 is 0 Å². The maximum Gasteiger partial charge on any atom is 0.257 e. The van der Waals surface area contributed by atoms with Crippen LogP contribution in [-0.4, -0.2) is 40.1 Å². The van der Waals surface area contributed by atoms with Gasteiger partial charge < -0.3 is 15.5 Å². The molecule has 0 radical (unpaired) electrons. The van der Waals surface area contributed by atoms with Gasteiger partial charge in [-0.25, -0.2) is 0 Å².